The van der Waals surface area contributed by atoms with Crippen molar-refractivity contribution >= 4 is 17.9 Å². The highest BCUT2D eigenvalue weighted by Crippen LogP contribution is 2.14. The molecule has 0 aliphatic rings. The molecule has 0 saturated carbocycles. The van der Waals surface area contributed by atoms with Gasteiger partial charge >= 0.3 is 36.4 Å². The van der Waals surface area contributed by atoms with Crippen molar-refractivity contribution in [3.05, 3.63) is 0 Å². The largest absolute Gasteiger partial charge is 0.490 e. The second-order valence-corrected chi connectivity index (χ2v) is 2.41. The fourth-order valence-electron chi connectivity index (χ4n) is 0. The van der Waals surface area contributed by atoms with Crippen LogP contribution in [0.4, 0.5) is 39.5 Å². The van der Waals surface area contributed by atoms with Crippen molar-refractivity contribution in [2.75, 3.05) is 7.05 Å². The number of hydrogen-bond acceptors (Lipinski definition) is 4. The Morgan fingerprint density at radius 1 is 0.565 bits per heavy atom. The summed E-state index contributed by atoms with van der Waals surface area (Å²) in [5, 5.41) is 21.4. The summed E-state index contributed by atoms with van der Waals surface area (Å²) in [4.78, 5) is 26.7. The van der Waals surface area contributed by atoms with Gasteiger partial charge in [0.15, 0.2) is 0 Å². The van der Waals surface area contributed by atoms with Crippen LogP contribution in [0.3, 0.4) is 0 Å². The van der Waals surface area contributed by atoms with Gasteiger partial charge in [0, 0.05) is 0 Å². The first-order chi connectivity index (χ1) is 9.83. The number of nitrogens with two attached hydrogens (primary N) is 1. The van der Waals surface area contributed by atoms with Gasteiger partial charge in [0.25, 0.3) is 0 Å². The summed E-state index contributed by atoms with van der Waals surface area (Å²) in [5.74, 6) is -8.27. The van der Waals surface area contributed by atoms with Gasteiger partial charge < -0.3 is 21.1 Å². The van der Waals surface area contributed by atoms with Crippen molar-refractivity contribution in [1.29, 1.82) is 0 Å². The predicted molar refractivity (Wildman–Crippen MR) is 51.2 cm³/mol. The van der Waals surface area contributed by atoms with Crippen LogP contribution in [0.15, 0.2) is 0 Å². The molecule has 0 bridgehead atoms. The third-order valence-electron chi connectivity index (χ3n) is 0.728. The number of rotatable bonds is 0. The van der Waals surface area contributed by atoms with Crippen molar-refractivity contribution in [2.45, 2.75) is 18.5 Å². The van der Waals surface area contributed by atoms with E-state index in [0.29, 0.717) is 0 Å². The summed E-state index contributed by atoms with van der Waals surface area (Å²) in [6.45, 7) is 0. The molecule has 0 saturated heterocycles. The average Bonchev–Trinajstić information content (AvgIpc) is 2.29. The van der Waals surface area contributed by atoms with Crippen LogP contribution < -0.4 is 5.73 Å². The van der Waals surface area contributed by atoms with Crippen molar-refractivity contribution < 1.29 is 69.2 Å². The maximum absolute atomic E-state index is 10.6. The standard InChI is InChI=1S/3C2HF3O2.CH5N/c3*3-2(4,5)1(6)7;1-2/h3*(H,6,7);2H2,1H3. The minimum atomic E-state index is -5.08. The van der Waals surface area contributed by atoms with Gasteiger partial charge in [0.2, 0.25) is 0 Å². The molecule has 0 rings (SSSR count). The van der Waals surface area contributed by atoms with Gasteiger partial charge in [-0.1, -0.05) is 0 Å². The fourth-order valence-corrected chi connectivity index (χ4v) is 0. The first-order valence-electron chi connectivity index (χ1n) is 4.31. The van der Waals surface area contributed by atoms with E-state index in [1.807, 2.05) is 0 Å². The van der Waals surface area contributed by atoms with E-state index in [4.69, 9.17) is 29.7 Å². The number of carboxylic acids is 3. The molecule has 0 atom stereocenters. The van der Waals surface area contributed by atoms with Crippen LogP contribution in [-0.2, 0) is 14.4 Å². The lowest BCUT2D eigenvalue weighted by atomic mass is 10.7. The van der Waals surface area contributed by atoms with Gasteiger partial charge in [-0.25, -0.2) is 14.4 Å². The minimum absolute atomic E-state index is 1.50. The second kappa shape index (κ2) is 11.3. The molecular formula is C7H8F9NO6. The molecule has 16 heteroatoms. The third-order valence-corrected chi connectivity index (χ3v) is 0.728. The number of carboxylic acid groups (broad SMARTS) is 3. The Bertz CT molecular complexity index is 315. The number of alkyl halides is 9. The van der Waals surface area contributed by atoms with Crippen LogP contribution in [0.5, 0.6) is 0 Å². The Kier molecular flexibility index (Phi) is 14.2. The van der Waals surface area contributed by atoms with E-state index >= 15 is 0 Å². The Balaban J connectivity index is -0.000000111. The van der Waals surface area contributed by atoms with Crippen molar-refractivity contribution in [1.82, 2.24) is 0 Å². The molecule has 0 spiro atoms. The Hall–Kier alpha value is -2.26. The number of hydrogen-bond donors (Lipinski definition) is 4. The highest BCUT2D eigenvalue weighted by atomic mass is 19.4. The molecule has 0 radical (unpaired) electrons. The molecule has 5 N–H and O–H groups in total. The van der Waals surface area contributed by atoms with E-state index in [1.165, 1.54) is 7.05 Å². The SMILES string of the molecule is CN.O=C(O)C(F)(F)F.O=C(O)C(F)(F)F.O=C(O)C(F)(F)F. The number of halogens is 9. The first-order valence-corrected chi connectivity index (χ1v) is 4.31. The van der Waals surface area contributed by atoms with Gasteiger partial charge in [-0.2, -0.15) is 39.5 Å². The molecule has 0 amide bonds. The summed E-state index contributed by atoms with van der Waals surface area (Å²) < 4.78 is 95.2. The number of aliphatic carboxylic acids is 3. The molecule has 0 heterocycles. The normalized spacial score (nSPS) is 10.6. The molecular weight excluding hydrogens is 365 g/mol. The Morgan fingerprint density at radius 2 is 0.609 bits per heavy atom. The maximum atomic E-state index is 10.6. The summed E-state index contributed by atoms with van der Waals surface area (Å²) >= 11 is 0. The Labute approximate surface area is 120 Å². The second-order valence-electron chi connectivity index (χ2n) is 2.41. The Morgan fingerprint density at radius 3 is 0.609 bits per heavy atom. The van der Waals surface area contributed by atoms with Crippen molar-refractivity contribution in [2.24, 2.45) is 5.73 Å². The zero-order valence-electron chi connectivity index (χ0n) is 10.5. The van der Waals surface area contributed by atoms with Crippen LogP contribution in [-0.4, -0.2) is 58.8 Å². The van der Waals surface area contributed by atoms with E-state index in [-0.39, 0.29) is 0 Å². The van der Waals surface area contributed by atoms with E-state index in [0.717, 1.165) is 0 Å². The lowest BCUT2D eigenvalue weighted by molar-refractivity contribution is -0.193. The van der Waals surface area contributed by atoms with E-state index in [2.05, 4.69) is 5.73 Å². The van der Waals surface area contributed by atoms with Gasteiger partial charge in [-0.3, -0.25) is 0 Å². The summed E-state index contributed by atoms with van der Waals surface area (Å²) in [6.07, 6.45) is -15.3. The number of carbonyl (C=O) groups is 3. The zero-order chi connectivity index (χ0) is 20.2. The fraction of sp³-hybridized carbons (Fsp3) is 0.571. The van der Waals surface area contributed by atoms with Crippen molar-refractivity contribution in [3.63, 3.8) is 0 Å². The molecule has 0 fully saturated rings. The van der Waals surface area contributed by atoms with Gasteiger partial charge in [-0.15, -0.1) is 0 Å². The summed E-state index contributed by atoms with van der Waals surface area (Å²) in [6, 6.07) is 0. The molecule has 23 heavy (non-hydrogen) atoms. The summed E-state index contributed by atoms with van der Waals surface area (Å²) in [7, 11) is 1.50. The zero-order valence-corrected chi connectivity index (χ0v) is 10.5. The molecule has 140 valence electrons. The van der Waals surface area contributed by atoms with E-state index in [9.17, 15) is 39.5 Å². The summed E-state index contributed by atoms with van der Waals surface area (Å²) in [5.41, 5.74) is 4.50. The molecule has 0 unspecified atom stereocenters. The molecule has 0 aromatic heterocycles. The monoisotopic (exact) mass is 373 g/mol. The van der Waals surface area contributed by atoms with E-state index in [1.54, 1.807) is 0 Å². The third kappa shape index (κ3) is 25.1. The van der Waals surface area contributed by atoms with Crippen molar-refractivity contribution in [3.8, 4) is 0 Å². The lowest BCUT2D eigenvalue weighted by Crippen LogP contribution is -2.21. The van der Waals surface area contributed by atoms with Gasteiger partial charge in [-0.05, 0) is 7.05 Å². The predicted octanol–water partition coefficient (Wildman–Crippen LogP) is 1.47. The molecule has 0 aliphatic carbocycles. The molecule has 0 aromatic carbocycles. The topological polar surface area (TPSA) is 138 Å². The van der Waals surface area contributed by atoms with Gasteiger partial charge in [0.05, 0.1) is 0 Å². The molecule has 0 aromatic rings. The lowest BCUT2D eigenvalue weighted by Gasteiger charge is -1.93. The minimum Gasteiger partial charge on any atom is -0.475 e. The smallest absolute Gasteiger partial charge is 0.475 e. The average molecular weight is 373 g/mol. The van der Waals surface area contributed by atoms with Crippen LogP contribution in [0.2, 0.25) is 0 Å². The van der Waals surface area contributed by atoms with Gasteiger partial charge in [0.1, 0.15) is 0 Å². The van der Waals surface area contributed by atoms with E-state index < -0.39 is 36.4 Å². The first kappa shape index (κ1) is 28.8. The van der Waals surface area contributed by atoms with Crippen LogP contribution in [0.25, 0.3) is 0 Å². The van der Waals surface area contributed by atoms with Crippen LogP contribution in [0.1, 0.15) is 0 Å². The quantitative estimate of drug-likeness (QED) is 0.472. The highest BCUT2D eigenvalue weighted by molar-refractivity contribution is 5.73. The maximum Gasteiger partial charge on any atom is 0.490 e. The molecule has 0 aliphatic heterocycles. The molecule has 7 nitrogen and oxygen atoms in total. The van der Waals surface area contributed by atoms with Crippen LogP contribution >= 0.6 is 0 Å². The van der Waals surface area contributed by atoms with Crippen LogP contribution in [0, 0.1) is 0 Å². The highest BCUT2D eigenvalue weighted by Gasteiger charge is 2.39.